The van der Waals surface area contributed by atoms with Crippen LogP contribution in [0.2, 0.25) is 0 Å². The molecule has 10 heteroatoms. The lowest BCUT2D eigenvalue weighted by Crippen LogP contribution is -2.61. The number of dihydropyridines is 1. The Kier molecular flexibility index (Phi) is 8.16. The van der Waals surface area contributed by atoms with Gasteiger partial charge in [0.25, 0.3) is 5.91 Å². The molecule has 198 valence electrons. The number of hydrogen-bond acceptors (Lipinski definition) is 9. The maximum Gasteiger partial charge on any atom is 0.253 e. The molecule has 0 saturated heterocycles. The van der Waals surface area contributed by atoms with E-state index >= 15 is 0 Å². The molecule has 2 heterocycles. The molecule has 1 atom stereocenters. The SMILES string of the molecule is CCOC1=CC2=C(NC1(CC(=O)c1cc(OCC)c(OCC#N)c(C(C)(C)C)c1)C(=O)NC)C(N)=NC2. The second kappa shape index (κ2) is 10.9. The fourth-order valence-corrected chi connectivity index (χ4v) is 4.40. The van der Waals surface area contributed by atoms with Crippen molar-refractivity contribution in [1.82, 2.24) is 10.6 Å². The second-order valence-corrected chi connectivity index (χ2v) is 9.73. The average Bonchev–Trinajstić information content (AvgIpc) is 3.21. The van der Waals surface area contributed by atoms with Gasteiger partial charge in [-0.25, -0.2) is 0 Å². The molecule has 0 spiro atoms. The van der Waals surface area contributed by atoms with Gasteiger partial charge in [0, 0.05) is 23.7 Å². The Morgan fingerprint density at radius 2 is 1.92 bits per heavy atom. The number of nitrogens with one attached hydrogen (secondary N) is 2. The van der Waals surface area contributed by atoms with E-state index in [1.807, 2.05) is 40.7 Å². The van der Waals surface area contributed by atoms with Gasteiger partial charge < -0.3 is 30.6 Å². The zero-order valence-corrected chi connectivity index (χ0v) is 22.3. The Balaban J connectivity index is 2.12. The van der Waals surface area contributed by atoms with E-state index in [0.29, 0.717) is 53.8 Å². The van der Waals surface area contributed by atoms with Crippen LogP contribution in [0.1, 0.15) is 57.0 Å². The van der Waals surface area contributed by atoms with Crippen molar-refractivity contribution in [1.29, 1.82) is 5.26 Å². The first-order valence-electron chi connectivity index (χ1n) is 12.2. The first kappa shape index (κ1) is 27.6. The van der Waals surface area contributed by atoms with Crippen LogP contribution >= 0.6 is 0 Å². The van der Waals surface area contributed by atoms with E-state index < -0.39 is 16.9 Å². The number of carbonyl (C=O) groups excluding carboxylic acids is 2. The molecule has 0 fully saturated rings. The number of Topliss-reactive ketones (excluding diaryl/α,β-unsaturated/α-hetero) is 1. The van der Waals surface area contributed by atoms with E-state index in [1.54, 1.807) is 18.2 Å². The highest BCUT2D eigenvalue weighted by Crippen LogP contribution is 2.41. The molecular weight excluding hydrogens is 474 g/mol. The predicted octanol–water partition coefficient (Wildman–Crippen LogP) is 2.49. The van der Waals surface area contributed by atoms with Gasteiger partial charge >= 0.3 is 0 Å². The van der Waals surface area contributed by atoms with Crippen molar-refractivity contribution in [2.24, 2.45) is 10.7 Å². The van der Waals surface area contributed by atoms with Crippen LogP contribution in [-0.4, -0.2) is 56.5 Å². The van der Waals surface area contributed by atoms with Crippen molar-refractivity contribution in [2.75, 3.05) is 33.4 Å². The van der Waals surface area contributed by atoms with E-state index in [0.717, 1.165) is 5.57 Å². The zero-order chi connectivity index (χ0) is 27.4. The molecule has 0 bridgehead atoms. The monoisotopic (exact) mass is 509 g/mol. The predicted molar refractivity (Wildman–Crippen MR) is 140 cm³/mol. The molecule has 0 saturated carbocycles. The number of ketones is 1. The highest BCUT2D eigenvalue weighted by atomic mass is 16.5. The Labute approximate surface area is 217 Å². The van der Waals surface area contributed by atoms with Crippen molar-refractivity contribution in [3.63, 3.8) is 0 Å². The van der Waals surface area contributed by atoms with Crippen molar-refractivity contribution in [3.05, 3.63) is 46.4 Å². The summed E-state index contributed by atoms with van der Waals surface area (Å²) in [6.45, 7) is 10.4. The van der Waals surface area contributed by atoms with E-state index in [9.17, 15) is 9.59 Å². The Morgan fingerprint density at radius 3 is 2.51 bits per heavy atom. The van der Waals surface area contributed by atoms with Crippen molar-refractivity contribution in [3.8, 4) is 17.6 Å². The molecule has 37 heavy (non-hydrogen) atoms. The Bertz CT molecular complexity index is 1220. The normalized spacial score (nSPS) is 18.6. The van der Waals surface area contributed by atoms with Gasteiger partial charge in [-0.15, -0.1) is 0 Å². The summed E-state index contributed by atoms with van der Waals surface area (Å²) < 4.78 is 17.4. The number of ether oxygens (including phenoxy) is 3. The minimum atomic E-state index is -1.53. The maximum absolute atomic E-state index is 13.9. The van der Waals surface area contributed by atoms with Crippen LogP contribution in [0.5, 0.6) is 11.5 Å². The highest BCUT2D eigenvalue weighted by molar-refractivity contribution is 6.06. The number of nitrogens with zero attached hydrogens (tertiary/aromatic N) is 2. The summed E-state index contributed by atoms with van der Waals surface area (Å²) in [6, 6.07) is 5.30. The molecule has 1 unspecified atom stereocenters. The number of rotatable bonds is 10. The highest BCUT2D eigenvalue weighted by Gasteiger charge is 2.49. The molecule has 4 N–H and O–H groups in total. The summed E-state index contributed by atoms with van der Waals surface area (Å²) >= 11 is 0. The zero-order valence-electron chi connectivity index (χ0n) is 22.3. The van der Waals surface area contributed by atoms with Gasteiger partial charge in [-0.05, 0) is 37.5 Å². The number of hydrogen-bond donors (Lipinski definition) is 3. The summed E-state index contributed by atoms with van der Waals surface area (Å²) in [5, 5.41) is 14.9. The molecule has 2 aliphatic rings. The van der Waals surface area contributed by atoms with Crippen LogP contribution in [0, 0.1) is 11.3 Å². The number of nitrogens with two attached hydrogens (primary N) is 1. The van der Waals surface area contributed by atoms with Gasteiger partial charge in [0.15, 0.2) is 29.4 Å². The molecule has 0 radical (unpaired) electrons. The van der Waals surface area contributed by atoms with E-state index in [4.69, 9.17) is 25.2 Å². The van der Waals surface area contributed by atoms with Gasteiger partial charge in [-0.2, -0.15) is 5.26 Å². The fraction of sp³-hybridized carbons (Fsp3) is 0.481. The average molecular weight is 510 g/mol. The summed E-state index contributed by atoms with van der Waals surface area (Å²) in [6.07, 6.45) is 1.49. The first-order valence-corrected chi connectivity index (χ1v) is 12.2. The lowest BCUT2D eigenvalue weighted by atomic mass is 9.81. The number of amidine groups is 1. The minimum Gasteiger partial charge on any atom is -0.495 e. The van der Waals surface area contributed by atoms with Crippen LogP contribution < -0.4 is 25.8 Å². The van der Waals surface area contributed by atoms with Crippen molar-refractivity contribution in [2.45, 2.75) is 52.0 Å². The van der Waals surface area contributed by atoms with Gasteiger partial charge in [-0.1, -0.05) is 20.8 Å². The standard InChI is InChI=1S/C27H35N5O5/c1-7-35-20-12-16(11-18(26(3,4)5)23(20)37-10-9-28)19(33)14-27(25(34)30-6)21(36-8-2)13-17-15-31-24(29)22(17)32-27/h11-13,32H,7-8,10,14-15H2,1-6H3,(H2,29,31)(H,30,34). The lowest BCUT2D eigenvalue weighted by Gasteiger charge is -2.38. The summed E-state index contributed by atoms with van der Waals surface area (Å²) in [4.78, 5) is 31.5. The van der Waals surface area contributed by atoms with E-state index in [-0.39, 0.29) is 24.6 Å². The van der Waals surface area contributed by atoms with Gasteiger partial charge in [0.2, 0.25) is 0 Å². The lowest BCUT2D eigenvalue weighted by molar-refractivity contribution is -0.127. The summed E-state index contributed by atoms with van der Waals surface area (Å²) in [7, 11) is 1.50. The Hall–Kier alpha value is -4.00. The first-order chi connectivity index (χ1) is 17.5. The summed E-state index contributed by atoms with van der Waals surface area (Å²) in [5.74, 6) is 0.608. The van der Waals surface area contributed by atoms with Crippen LogP contribution in [0.4, 0.5) is 0 Å². The van der Waals surface area contributed by atoms with Crippen LogP contribution in [0.15, 0.2) is 40.2 Å². The molecule has 1 aromatic carbocycles. The number of aliphatic imine (C=N–C) groups is 1. The number of likely N-dealkylation sites (N-methyl/N-ethyl adjacent to an activating group) is 1. The Morgan fingerprint density at radius 1 is 1.22 bits per heavy atom. The molecular formula is C27H35N5O5. The molecule has 1 aromatic rings. The van der Waals surface area contributed by atoms with E-state index in [2.05, 4.69) is 15.6 Å². The van der Waals surface area contributed by atoms with Gasteiger partial charge in [-0.3, -0.25) is 14.6 Å². The third-order valence-electron chi connectivity index (χ3n) is 6.17. The van der Waals surface area contributed by atoms with Gasteiger partial charge in [0.1, 0.15) is 17.7 Å². The third-order valence-corrected chi connectivity index (χ3v) is 6.17. The molecule has 0 aromatic heterocycles. The fourth-order valence-electron chi connectivity index (χ4n) is 4.40. The van der Waals surface area contributed by atoms with Gasteiger partial charge in [0.05, 0.1) is 31.9 Å². The van der Waals surface area contributed by atoms with Crippen LogP contribution in [-0.2, 0) is 14.9 Å². The smallest absolute Gasteiger partial charge is 0.253 e. The molecule has 3 rings (SSSR count). The third kappa shape index (κ3) is 5.40. The minimum absolute atomic E-state index is 0.164. The molecule has 1 amide bonds. The number of nitriles is 1. The largest absolute Gasteiger partial charge is 0.495 e. The second-order valence-electron chi connectivity index (χ2n) is 9.73. The number of carbonyl (C=O) groups is 2. The van der Waals surface area contributed by atoms with Crippen LogP contribution in [0.3, 0.4) is 0 Å². The topological polar surface area (TPSA) is 148 Å². The molecule has 10 nitrogen and oxygen atoms in total. The maximum atomic E-state index is 13.9. The molecule has 0 aliphatic carbocycles. The summed E-state index contributed by atoms with van der Waals surface area (Å²) in [5.41, 5.74) is 6.48. The number of benzene rings is 1. The molecule has 2 aliphatic heterocycles. The van der Waals surface area contributed by atoms with Crippen molar-refractivity contribution >= 4 is 17.5 Å². The number of amides is 1. The van der Waals surface area contributed by atoms with Crippen LogP contribution in [0.25, 0.3) is 0 Å². The van der Waals surface area contributed by atoms with Crippen molar-refractivity contribution < 1.29 is 23.8 Å². The van der Waals surface area contributed by atoms with E-state index in [1.165, 1.54) is 7.05 Å². The quantitative estimate of drug-likeness (QED) is 0.408.